The summed E-state index contributed by atoms with van der Waals surface area (Å²) in [5, 5.41) is 37.2. The van der Waals surface area contributed by atoms with Gasteiger partial charge >= 0.3 is 5.97 Å². The Morgan fingerprint density at radius 2 is 1.43 bits per heavy atom. The van der Waals surface area contributed by atoms with Gasteiger partial charge in [0.2, 0.25) is 29.5 Å². The molecule has 5 atom stereocenters. The molecule has 0 fully saturated rings. The summed E-state index contributed by atoms with van der Waals surface area (Å²) in [6.45, 7) is 0.483. The summed E-state index contributed by atoms with van der Waals surface area (Å²) < 4.78 is 0. The number of rotatable bonds is 17. The van der Waals surface area contributed by atoms with Gasteiger partial charge in [0, 0.05) is 6.42 Å². The van der Waals surface area contributed by atoms with Gasteiger partial charge in [0.25, 0.3) is 0 Å². The molecule has 0 aliphatic carbocycles. The number of primary amides is 1. The maximum Gasteiger partial charge on any atom is 0.328 e. The van der Waals surface area contributed by atoms with Crippen molar-refractivity contribution in [2.45, 2.75) is 56.4 Å². The SMILES string of the molecule is CSCC[C@H](NC(=O)[C@H](C)NC(=O)[C@H](Cc1ccc(O)cc1)NC(=O)[C@@H](N)CC(N)=O)C(=O)N[C@@H](CO)C(=O)O. The first kappa shape index (κ1) is 34.1. The molecule has 1 rings (SSSR count). The fraction of sp³-hybridized carbons (Fsp3) is 0.500. The molecule has 0 saturated heterocycles. The number of thioether (sulfide) groups is 1. The van der Waals surface area contributed by atoms with Crippen molar-refractivity contribution >= 4 is 47.3 Å². The molecule has 0 aliphatic heterocycles. The minimum absolute atomic E-state index is 0.0173. The Bertz CT molecular complexity index is 1060. The molecular weight excluding hydrogens is 548 g/mol. The number of hydrogen-bond acceptors (Lipinski definition) is 10. The lowest BCUT2D eigenvalue weighted by molar-refractivity contribution is -0.143. The minimum atomic E-state index is -1.57. The van der Waals surface area contributed by atoms with Crippen LogP contribution in [0.3, 0.4) is 0 Å². The number of carbonyl (C=O) groups excluding carboxylic acids is 5. The van der Waals surface area contributed by atoms with E-state index in [-0.39, 0.29) is 18.6 Å². The Labute approximate surface area is 234 Å². The molecule has 5 amide bonds. The summed E-state index contributed by atoms with van der Waals surface area (Å²) in [5.74, 6) is -5.08. The maximum atomic E-state index is 13.1. The van der Waals surface area contributed by atoms with Gasteiger partial charge in [-0.05, 0) is 43.0 Å². The van der Waals surface area contributed by atoms with Crippen LogP contribution in [0.5, 0.6) is 5.75 Å². The predicted octanol–water partition coefficient (Wildman–Crippen LogP) is -3.07. The van der Waals surface area contributed by atoms with E-state index in [4.69, 9.17) is 16.6 Å². The molecule has 16 heteroatoms. The first-order chi connectivity index (χ1) is 18.8. The molecule has 0 bridgehead atoms. The second-order valence-electron chi connectivity index (χ2n) is 8.86. The van der Waals surface area contributed by atoms with Crippen LogP contribution < -0.4 is 32.7 Å². The van der Waals surface area contributed by atoms with E-state index in [1.165, 1.54) is 43.0 Å². The van der Waals surface area contributed by atoms with E-state index in [9.17, 15) is 39.0 Å². The van der Waals surface area contributed by atoms with Crippen LogP contribution in [0.2, 0.25) is 0 Å². The second kappa shape index (κ2) is 16.9. The number of aliphatic hydroxyl groups is 1. The van der Waals surface area contributed by atoms with Gasteiger partial charge in [0.05, 0.1) is 19.1 Å². The summed E-state index contributed by atoms with van der Waals surface area (Å²) in [5.41, 5.74) is 11.3. The van der Waals surface area contributed by atoms with Crippen molar-refractivity contribution in [3.8, 4) is 5.75 Å². The van der Waals surface area contributed by atoms with Gasteiger partial charge in [-0.25, -0.2) is 4.79 Å². The molecule has 0 aromatic heterocycles. The highest BCUT2D eigenvalue weighted by molar-refractivity contribution is 7.98. The van der Waals surface area contributed by atoms with Crippen molar-refractivity contribution in [2.75, 3.05) is 18.6 Å². The summed E-state index contributed by atoms with van der Waals surface area (Å²) in [4.78, 5) is 73.3. The van der Waals surface area contributed by atoms with Crippen molar-refractivity contribution in [1.82, 2.24) is 21.3 Å². The molecule has 1 aromatic rings. The Kier molecular flexibility index (Phi) is 14.5. The van der Waals surface area contributed by atoms with E-state index in [0.717, 1.165) is 0 Å². The third kappa shape index (κ3) is 11.9. The van der Waals surface area contributed by atoms with Gasteiger partial charge in [0.1, 0.15) is 29.9 Å². The monoisotopic (exact) mass is 584 g/mol. The Hall–Kier alpha value is -3.89. The first-order valence-electron chi connectivity index (χ1n) is 12.1. The molecule has 11 N–H and O–H groups in total. The quantitative estimate of drug-likeness (QED) is 0.0886. The van der Waals surface area contributed by atoms with Crippen molar-refractivity contribution in [3.63, 3.8) is 0 Å². The molecule has 0 heterocycles. The molecule has 1 aromatic carbocycles. The maximum absolute atomic E-state index is 13.1. The van der Waals surface area contributed by atoms with Crippen LogP contribution in [0.1, 0.15) is 25.3 Å². The van der Waals surface area contributed by atoms with Gasteiger partial charge < -0.3 is 48.1 Å². The summed E-state index contributed by atoms with van der Waals surface area (Å²) in [6, 6.07) is -0.696. The van der Waals surface area contributed by atoms with E-state index in [1.54, 1.807) is 6.26 Å². The van der Waals surface area contributed by atoms with E-state index in [2.05, 4.69) is 21.3 Å². The standard InChI is InChI=1S/C24H36N6O9S/c1-12(20(34)28-16(7-8-40-2)22(36)30-18(11-31)24(38)39)27-23(37)17(9-13-3-5-14(32)6-4-13)29-21(35)15(25)10-19(26)33/h3-6,12,15-18,31-32H,7-11,25H2,1-2H3,(H2,26,33)(H,27,37)(H,28,34)(H,29,35)(H,30,36)(H,38,39)/t12-,15-,16-,17-,18-/m0/s1. The fourth-order valence-electron chi connectivity index (χ4n) is 3.30. The van der Waals surface area contributed by atoms with E-state index < -0.39 is 78.7 Å². The molecule has 0 radical (unpaired) electrons. The number of hydrogen-bond donors (Lipinski definition) is 9. The van der Waals surface area contributed by atoms with Crippen LogP contribution in [0.25, 0.3) is 0 Å². The number of carboxylic acids is 1. The number of nitrogens with two attached hydrogens (primary N) is 2. The Morgan fingerprint density at radius 1 is 0.875 bits per heavy atom. The number of phenols is 1. The van der Waals surface area contributed by atoms with Crippen LogP contribution in [-0.2, 0) is 35.2 Å². The smallest absolute Gasteiger partial charge is 0.328 e. The van der Waals surface area contributed by atoms with Crippen molar-refractivity contribution in [2.24, 2.45) is 11.5 Å². The minimum Gasteiger partial charge on any atom is -0.508 e. The van der Waals surface area contributed by atoms with Crippen LogP contribution in [-0.4, -0.2) is 99.6 Å². The number of benzene rings is 1. The topological polar surface area (TPSA) is 263 Å². The first-order valence-corrected chi connectivity index (χ1v) is 13.5. The number of carbonyl (C=O) groups is 6. The van der Waals surface area contributed by atoms with Gasteiger partial charge in [-0.1, -0.05) is 12.1 Å². The average molecular weight is 585 g/mol. The summed E-state index contributed by atoms with van der Waals surface area (Å²) in [6.07, 6.45) is 1.38. The van der Waals surface area contributed by atoms with Crippen LogP contribution in [0.4, 0.5) is 0 Å². The van der Waals surface area contributed by atoms with Crippen molar-refractivity contribution < 1.29 is 44.1 Å². The number of phenolic OH excluding ortho intramolecular Hbond substituents is 1. The van der Waals surface area contributed by atoms with Gasteiger partial charge in [-0.2, -0.15) is 11.8 Å². The van der Waals surface area contributed by atoms with Gasteiger partial charge in [0.15, 0.2) is 0 Å². The fourth-order valence-corrected chi connectivity index (χ4v) is 3.78. The number of aliphatic hydroxyl groups excluding tert-OH is 1. The molecule has 0 saturated carbocycles. The average Bonchev–Trinajstić information content (AvgIpc) is 2.89. The highest BCUT2D eigenvalue weighted by Gasteiger charge is 2.30. The third-order valence-electron chi connectivity index (χ3n) is 5.56. The highest BCUT2D eigenvalue weighted by atomic mass is 32.2. The number of aromatic hydroxyl groups is 1. The highest BCUT2D eigenvalue weighted by Crippen LogP contribution is 2.12. The van der Waals surface area contributed by atoms with Crippen LogP contribution in [0.15, 0.2) is 24.3 Å². The third-order valence-corrected chi connectivity index (χ3v) is 6.20. The molecule has 15 nitrogen and oxygen atoms in total. The molecule has 222 valence electrons. The number of nitrogens with one attached hydrogen (secondary N) is 4. The molecule has 0 spiro atoms. The second-order valence-corrected chi connectivity index (χ2v) is 9.85. The Morgan fingerprint density at radius 3 is 1.95 bits per heavy atom. The van der Waals surface area contributed by atoms with E-state index >= 15 is 0 Å². The Balaban J connectivity index is 3.00. The van der Waals surface area contributed by atoms with Crippen LogP contribution >= 0.6 is 11.8 Å². The zero-order chi connectivity index (χ0) is 30.4. The zero-order valence-electron chi connectivity index (χ0n) is 22.1. The van der Waals surface area contributed by atoms with E-state index in [0.29, 0.717) is 11.3 Å². The molecule has 0 unspecified atom stereocenters. The number of carboxylic acid groups (broad SMARTS) is 1. The number of amides is 5. The van der Waals surface area contributed by atoms with Crippen molar-refractivity contribution in [1.29, 1.82) is 0 Å². The van der Waals surface area contributed by atoms with Crippen molar-refractivity contribution in [3.05, 3.63) is 29.8 Å². The van der Waals surface area contributed by atoms with Gasteiger partial charge in [-0.15, -0.1) is 0 Å². The van der Waals surface area contributed by atoms with Crippen LogP contribution in [0, 0.1) is 0 Å². The lowest BCUT2D eigenvalue weighted by Gasteiger charge is -2.25. The number of aliphatic carboxylic acids is 1. The molecular formula is C24H36N6O9S. The summed E-state index contributed by atoms with van der Waals surface area (Å²) >= 11 is 1.38. The lowest BCUT2D eigenvalue weighted by Crippen LogP contribution is -2.58. The lowest BCUT2D eigenvalue weighted by atomic mass is 10.0. The normalized spacial score (nSPS) is 14.5. The molecule has 40 heavy (non-hydrogen) atoms. The zero-order valence-corrected chi connectivity index (χ0v) is 22.9. The largest absolute Gasteiger partial charge is 0.508 e. The van der Waals surface area contributed by atoms with E-state index in [1.807, 2.05) is 0 Å². The summed E-state index contributed by atoms with van der Waals surface area (Å²) in [7, 11) is 0. The molecule has 0 aliphatic rings. The van der Waals surface area contributed by atoms with Gasteiger partial charge in [-0.3, -0.25) is 24.0 Å². The predicted molar refractivity (Wildman–Crippen MR) is 145 cm³/mol.